The summed E-state index contributed by atoms with van der Waals surface area (Å²) < 4.78 is 0. The molecule has 1 aromatic carbocycles. The van der Waals surface area contributed by atoms with Crippen LogP contribution < -0.4 is 5.32 Å². The van der Waals surface area contributed by atoms with E-state index in [9.17, 15) is 4.79 Å². The van der Waals surface area contributed by atoms with E-state index in [4.69, 9.17) is 0 Å². The molecule has 2 heterocycles. The molecule has 5 heteroatoms. The smallest absolute Gasteiger partial charge is 0.269 e. The van der Waals surface area contributed by atoms with Gasteiger partial charge >= 0.3 is 0 Å². The lowest BCUT2D eigenvalue weighted by Crippen LogP contribution is -2.40. The predicted octanol–water partition coefficient (Wildman–Crippen LogP) is 2.39. The molecule has 0 unspecified atom stereocenters. The SMILES string of the molecule is CCN1CCC[C@@H]1CNC(=O)c1[nH]nc2c1CCc1ccccc1-2. The lowest BCUT2D eigenvalue weighted by Gasteiger charge is -2.23. The highest BCUT2D eigenvalue weighted by molar-refractivity contribution is 5.96. The van der Waals surface area contributed by atoms with Gasteiger partial charge in [0, 0.05) is 23.7 Å². The molecule has 1 fully saturated rings. The third kappa shape index (κ3) is 2.63. The van der Waals surface area contributed by atoms with Crippen molar-refractivity contribution in [1.82, 2.24) is 20.4 Å². The highest BCUT2D eigenvalue weighted by Crippen LogP contribution is 2.33. The molecule has 2 N–H and O–H groups in total. The number of carbonyl (C=O) groups excluding carboxylic acids is 1. The molecule has 0 saturated carbocycles. The quantitative estimate of drug-likeness (QED) is 0.908. The summed E-state index contributed by atoms with van der Waals surface area (Å²) in [4.78, 5) is 15.1. The average molecular weight is 324 g/mol. The number of carbonyl (C=O) groups is 1. The van der Waals surface area contributed by atoms with Gasteiger partial charge in [-0.2, -0.15) is 5.10 Å². The number of likely N-dealkylation sites (N-methyl/N-ethyl adjacent to an activating group) is 1. The van der Waals surface area contributed by atoms with Crippen molar-refractivity contribution in [2.45, 2.75) is 38.6 Å². The molecule has 5 nitrogen and oxygen atoms in total. The molecule has 0 radical (unpaired) electrons. The molecular weight excluding hydrogens is 300 g/mol. The summed E-state index contributed by atoms with van der Waals surface area (Å²) in [5.41, 5.74) is 5.11. The molecule has 4 rings (SSSR count). The molecule has 2 aromatic rings. The number of aryl methyl sites for hydroxylation is 1. The first-order chi connectivity index (χ1) is 11.8. The highest BCUT2D eigenvalue weighted by Gasteiger charge is 2.27. The van der Waals surface area contributed by atoms with Crippen LogP contribution in [0.4, 0.5) is 0 Å². The third-order valence-electron chi connectivity index (χ3n) is 5.41. The lowest BCUT2D eigenvalue weighted by molar-refractivity contribution is 0.0935. The first-order valence-electron chi connectivity index (χ1n) is 8.95. The molecule has 0 spiro atoms. The van der Waals surface area contributed by atoms with Crippen LogP contribution in [0.15, 0.2) is 24.3 Å². The predicted molar refractivity (Wildman–Crippen MR) is 94.0 cm³/mol. The zero-order chi connectivity index (χ0) is 16.5. The topological polar surface area (TPSA) is 61.0 Å². The molecule has 1 atom stereocenters. The van der Waals surface area contributed by atoms with Crippen molar-refractivity contribution in [2.75, 3.05) is 19.6 Å². The van der Waals surface area contributed by atoms with Crippen molar-refractivity contribution in [3.05, 3.63) is 41.1 Å². The molecule has 1 aliphatic carbocycles. The van der Waals surface area contributed by atoms with E-state index >= 15 is 0 Å². The van der Waals surface area contributed by atoms with Gasteiger partial charge in [-0.05, 0) is 44.3 Å². The monoisotopic (exact) mass is 324 g/mol. The van der Waals surface area contributed by atoms with Gasteiger partial charge in [0.1, 0.15) is 5.69 Å². The first kappa shape index (κ1) is 15.4. The molecule has 126 valence electrons. The number of H-pyrrole nitrogens is 1. The van der Waals surface area contributed by atoms with E-state index in [1.54, 1.807) is 0 Å². The fraction of sp³-hybridized carbons (Fsp3) is 0.474. The standard InChI is InChI=1S/C19H24N4O/c1-2-23-11-5-7-14(23)12-20-19(24)18-16-10-9-13-6-3-4-8-15(13)17(16)21-22-18/h3-4,6,8,14H,2,5,7,9-12H2,1H3,(H,20,24)(H,21,22)/t14-/m1/s1. The van der Waals surface area contributed by atoms with Crippen LogP contribution in [0, 0.1) is 0 Å². The number of rotatable bonds is 4. The summed E-state index contributed by atoms with van der Waals surface area (Å²) in [5.74, 6) is -0.0221. The molecule has 0 bridgehead atoms. The summed E-state index contributed by atoms with van der Waals surface area (Å²) in [6.45, 7) is 5.10. The van der Waals surface area contributed by atoms with E-state index < -0.39 is 0 Å². The molecule has 1 aromatic heterocycles. The number of hydrogen-bond donors (Lipinski definition) is 2. The Morgan fingerprint density at radius 3 is 3.12 bits per heavy atom. The Kier molecular flexibility index (Phi) is 4.10. The highest BCUT2D eigenvalue weighted by atomic mass is 16.1. The van der Waals surface area contributed by atoms with Gasteiger partial charge in [-0.25, -0.2) is 0 Å². The van der Waals surface area contributed by atoms with Gasteiger partial charge in [-0.15, -0.1) is 0 Å². The number of benzene rings is 1. The molecule has 1 aliphatic heterocycles. The van der Waals surface area contributed by atoms with Gasteiger partial charge in [0.2, 0.25) is 0 Å². The maximum absolute atomic E-state index is 12.6. The number of nitrogens with zero attached hydrogens (tertiary/aromatic N) is 2. The summed E-state index contributed by atoms with van der Waals surface area (Å²) in [5, 5.41) is 10.5. The summed E-state index contributed by atoms with van der Waals surface area (Å²) in [6.07, 6.45) is 4.23. The Balaban J connectivity index is 1.50. The number of fused-ring (bicyclic) bond motifs is 3. The van der Waals surface area contributed by atoms with E-state index in [1.165, 1.54) is 18.4 Å². The normalized spacial score (nSPS) is 19.8. The van der Waals surface area contributed by atoms with E-state index in [0.717, 1.165) is 49.3 Å². The second-order valence-corrected chi connectivity index (χ2v) is 6.72. The van der Waals surface area contributed by atoms with Crippen molar-refractivity contribution >= 4 is 5.91 Å². The Morgan fingerprint density at radius 1 is 1.38 bits per heavy atom. The number of likely N-dealkylation sites (tertiary alicyclic amines) is 1. The number of amides is 1. The summed E-state index contributed by atoms with van der Waals surface area (Å²) in [6, 6.07) is 8.80. The van der Waals surface area contributed by atoms with Gasteiger partial charge in [0.25, 0.3) is 5.91 Å². The van der Waals surface area contributed by atoms with Crippen molar-refractivity contribution in [2.24, 2.45) is 0 Å². The van der Waals surface area contributed by atoms with E-state index in [0.29, 0.717) is 11.7 Å². The minimum atomic E-state index is -0.0221. The van der Waals surface area contributed by atoms with Crippen LogP contribution in [0.25, 0.3) is 11.3 Å². The molecule has 1 saturated heterocycles. The minimum Gasteiger partial charge on any atom is -0.349 e. The maximum Gasteiger partial charge on any atom is 0.269 e. The number of nitrogens with one attached hydrogen (secondary N) is 2. The Morgan fingerprint density at radius 2 is 2.25 bits per heavy atom. The molecular formula is C19H24N4O. The number of aromatic amines is 1. The molecule has 2 aliphatic rings. The third-order valence-corrected chi connectivity index (χ3v) is 5.41. The van der Waals surface area contributed by atoms with Crippen LogP contribution in [0.3, 0.4) is 0 Å². The van der Waals surface area contributed by atoms with Crippen LogP contribution in [-0.4, -0.2) is 46.7 Å². The van der Waals surface area contributed by atoms with Crippen molar-refractivity contribution in [1.29, 1.82) is 0 Å². The number of aromatic nitrogens is 2. The van der Waals surface area contributed by atoms with Crippen molar-refractivity contribution < 1.29 is 4.79 Å². The first-order valence-corrected chi connectivity index (χ1v) is 8.95. The van der Waals surface area contributed by atoms with Gasteiger partial charge in [-0.3, -0.25) is 14.8 Å². The van der Waals surface area contributed by atoms with Gasteiger partial charge in [0.15, 0.2) is 0 Å². The van der Waals surface area contributed by atoms with E-state index in [-0.39, 0.29) is 5.91 Å². The van der Waals surface area contributed by atoms with E-state index in [2.05, 4.69) is 45.5 Å². The van der Waals surface area contributed by atoms with Gasteiger partial charge in [-0.1, -0.05) is 31.2 Å². The van der Waals surface area contributed by atoms with Gasteiger partial charge in [0.05, 0.1) is 5.69 Å². The van der Waals surface area contributed by atoms with Gasteiger partial charge < -0.3 is 5.32 Å². The van der Waals surface area contributed by atoms with Crippen LogP contribution in [0.1, 0.15) is 41.4 Å². The lowest BCUT2D eigenvalue weighted by atomic mass is 9.89. The van der Waals surface area contributed by atoms with Crippen molar-refractivity contribution in [3.63, 3.8) is 0 Å². The summed E-state index contributed by atoms with van der Waals surface area (Å²) >= 11 is 0. The molecule has 24 heavy (non-hydrogen) atoms. The fourth-order valence-electron chi connectivity index (χ4n) is 4.09. The maximum atomic E-state index is 12.6. The zero-order valence-corrected chi connectivity index (χ0v) is 14.1. The molecule has 1 amide bonds. The Labute approximate surface area is 142 Å². The average Bonchev–Trinajstić information content (AvgIpc) is 3.26. The van der Waals surface area contributed by atoms with Crippen LogP contribution >= 0.6 is 0 Å². The second kappa shape index (κ2) is 6.40. The summed E-state index contributed by atoms with van der Waals surface area (Å²) in [7, 11) is 0. The fourth-order valence-corrected chi connectivity index (χ4v) is 4.09. The zero-order valence-electron chi connectivity index (χ0n) is 14.1. The Bertz CT molecular complexity index is 752. The number of hydrogen-bond acceptors (Lipinski definition) is 3. The van der Waals surface area contributed by atoms with Crippen molar-refractivity contribution in [3.8, 4) is 11.3 Å². The van der Waals surface area contributed by atoms with Crippen LogP contribution in [0.2, 0.25) is 0 Å². The minimum absolute atomic E-state index is 0.0221. The van der Waals surface area contributed by atoms with Crippen LogP contribution in [0.5, 0.6) is 0 Å². The van der Waals surface area contributed by atoms with Crippen LogP contribution in [-0.2, 0) is 12.8 Å². The van der Waals surface area contributed by atoms with E-state index in [1.807, 2.05) is 6.07 Å². The largest absolute Gasteiger partial charge is 0.349 e. The second-order valence-electron chi connectivity index (χ2n) is 6.72. The Hall–Kier alpha value is -2.14.